The summed E-state index contributed by atoms with van der Waals surface area (Å²) in [5, 5.41) is 0. The third-order valence-electron chi connectivity index (χ3n) is 7.13. The van der Waals surface area contributed by atoms with Crippen molar-refractivity contribution in [2.75, 3.05) is 72.1 Å². The minimum absolute atomic E-state index is 0.0165. The van der Waals surface area contributed by atoms with Gasteiger partial charge in [0.05, 0.1) is 19.1 Å². The Labute approximate surface area is 174 Å². The van der Waals surface area contributed by atoms with Gasteiger partial charge in [-0.1, -0.05) is 0 Å². The predicted molar refractivity (Wildman–Crippen MR) is 109 cm³/mol. The molecule has 1 atom stereocenters. The minimum atomic E-state index is -0.406. The number of piperidine rings is 1. The topological polar surface area (TPSA) is 65.6 Å². The van der Waals surface area contributed by atoms with Crippen molar-refractivity contribution in [3.05, 3.63) is 0 Å². The maximum Gasteiger partial charge on any atom is 0.410 e. The van der Waals surface area contributed by atoms with E-state index in [4.69, 9.17) is 9.47 Å². The maximum atomic E-state index is 12.6. The van der Waals surface area contributed by atoms with Gasteiger partial charge in [0.1, 0.15) is 5.60 Å². The van der Waals surface area contributed by atoms with Crippen molar-refractivity contribution < 1.29 is 19.1 Å². The van der Waals surface area contributed by atoms with Crippen LogP contribution in [0.25, 0.3) is 0 Å². The van der Waals surface area contributed by atoms with E-state index in [1.54, 1.807) is 0 Å². The van der Waals surface area contributed by atoms with Crippen molar-refractivity contribution in [3.63, 3.8) is 0 Å². The number of carbonyl (C=O) groups is 2. The molecule has 4 rings (SSSR count). The monoisotopic (exact) mass is 408 g/mol. The quantitative estimate of drug-likeness (QED) is 0.672. The van der Waals surface area contributed by atoms with Crippen LogP contribution in [-0.4, -0.2) is 115 Å². The summed E-state index contributed by atoms with van der Waals surface area (Å²) in [7, 11) is 0. The molecule has 0 bridgehead atoms. The Bertz CT molecular complexity index is 591. The number of hydrogen-bond acceptors (Lipinski definition) is 6. The average molecular weight is 409 g/mol. The molecule has 29 heavy (non-hydrogen) atoms. The largest absolute Gasteiger partial charge is 0.441 e. The molecule has 8 nitrogen and oxygen atoms in total. The van der Waals surface area contributed by atoms with Gasteiger partial charge >= 0.3 is 6.09 Å². The molecule has 8 heteroatoms. The van der Waals surface area contributed by atoms with Gasteiger partial charge in [-0.2, -0.15) is 0 Å². The van der Waals surface area contributed by atoms with E-state index in [0.29, 0.717) is 38.9 Å². The summed E-state index contributed by atoms with van der Waals surface area (Å²) >= 11 is 0. The Balaban J connectivity index is 1.22. The number of ether oxygens (including phenoxy) is 2. The van der Waals surface area contributed by atoms with E-state index in [2.05, 4.69) is 23.6 Å². The molecule has 4 aliphatic heterocycles. The molecule has 0 N–H and O–H groups in total. The number of likely N-dealkylation sites (tertiary alicyclic amines) is 1. The number of hydrogen-bond donors (Lipinski definition) is 0. The Kier molecular flexibility index (Phi) is 6.32. The number of amides is 2. The highest BCUT2D eigenvalue weighted by Crippen LogP contribution is 2.34. The van der Waals surface area contributed by atoms with Gasteiger partial charge in [0.15, 0.2) is 0 Å². The highest BCUT2D eigenvalue weighted by atomic mass is 16.6. The Hall–Kier alpha value is -1.38. The number of piperazine rings is 1. The molecule has 164 valence electrons. The van der Waals surface area contributed by atoms with E-state index in [1.807, 2.05) is 9.80 Å². The Morgan fingerprint density at radius 2 is 1.83 bits per heavy atom. The Morgan fingerprint density at radius 1 is 1.10 bits per heavy atom. The summed E-state index contributed by atoms with van der Waals surface area (Å²) < 4.78 is 11.2. The van der Waals surface area contributed by atoms with Crippen LogP contribution in [0, 0.1) is 5.92 Å². The highest BCUT2D eigenvalue weighted by Gasteiger charge is 2.47. The smallest absolute Gasteiger partial charge is 0.410 e. The van der Waals surface area contributed by atoms with E-state index < -0.39 is 5.60 Å². The summed E-state index contributed by atoms with van der Waals surface area (Å²) in [4.78, 5) is 33.8. The molecule has 0 aliphatic carbocycles. The molecule has 0 aromatic heterocycles. The van der Waals surface area contributed by atoms with Crippen LogP contribution >= 0.6 is 0 Å². The van der Waals surface area contributed by atoms with Crippen LogP contribution < -0.4 is 0 Å². The van der Waals surface area contributed by atoms with Gasteiger partial charge in [-0.05, 0) is 20.3 Å². The van der Waals surface area contributed by atoms with Gasteiger partial charge in [-0.15, -0.1) is 0 Å². The van der Waals surface area contributed by atoms with E-state index in [9.17, 15) is 9.59 Å². The van der Waals surface area contributed by atoms with Crippen LogP contribution in [0.4, 0.5) is 4.79 Å². The highest BCUT2D eigenvalue weighted by molar-refractivity contribution is 5.79. The molecule has 4 heterocycles. The van der Waals surface area contributed by atoms with Crippen LogP contribution in [0.2, 0.25) is 0 Å². The fourth-order valence-corrected chi connectivity index (χ4v) is 5.01. The molecule has 0 radical (unpaired) electrons. The second kappa shape index (κ2) is 8.78. The van der Waals surface area contributed by atoms with Gasteiger partial charge in [-0.3, -0.25) is 14.6 Å². The molecule has 0 aromatic rings. The molecule has 0 aromatic carbocycles. The van der Waals surface area contributed by atoms with Crippen LogP contribution in [0.3, 0.4) is 0 Å². The normalized spacial score (nSPS) is 28.5. The second-order valence-corrected chi connectivity index (χ2v) is 9.33. The molecule has 1 unspecified atom stereocenters. The molecule has 4 aliphatic rings. The van der Waals surface area contributed by atoms with Crippen LogP contribution in [0.15, 0.2) is 0 Å². The van der Waals surface area contributed by atoms with Gasteiger partial charge in [0.25, 0.3) is 0 Å². The van der Waals surface area contributed by atoms with Gasteiger partial charge in [0.2, 0.25) is 5.91 Å². The van der Waals surface area contributed by atoms with Crippen molar-refractivity contribution >= 4 is 12.0 Å². The standard InChI is InChI=1S/C21H36N4O4/c1-17(2)23-11-8-22(9-12-23)10-13-25-16-21(29-20(25)27)4-6-24(7-5-21)19(26)18-3-14-28-15-18/h17-18H,3-16H2,1-2H3. The lowest BCUT2D eigenvalue weighted by molar-refractivity contribution is -0.138. The first-order chi connectivity index (χ1) is 14.0. The second-order valence-electron chi connectivity index (χ2n) is 9.33. The number of rotatable bonds is 5. The molecule has 4 fully saturated rings. The van der Waals surface area contributed by atoms with E-state index in [-0.39, 0.29) is 17.9 Å². The van der Waals surface area contributed by atoms with Gasteiger partial charge in [-0.25, -0.2) is 4.79 Å². The third-order valence-corrected chi connectivity index (χ3v) is 7.13. The van der Waals surface area contributed by atoms with E-state index in [0.717, 1.165) is 58.5 Å². The first-order valence-electron chi connectivity index (χ1n) is 11.3. The van der Waals surface area contributed by atoms with Crippen LogP contribution in [0.1, 0.15) is 33.1 Å². The van der Waals surface area contributed by atoms with E-state index in [1.165, 1.54) is 0 Å². The zero-order valence-corrected chi connectivity index (χ0v) is 18.0. The summed E-state index contributed by atoms with van der Waals surface area (Å²) in [6, 6.07) is 0.601. The van der Waals surface area contributed by atoms with Crippen molar-refractivity contribution in [3.8, 4) is 0 Å². The van der Waals surface area contributed by atoms with E-state index >= 15 is 0 Å². The molecule has 1 spiro atoms. The molecule has 0 saturated carbocycles. The fraction of sp³-hybridized carbons (Fsp3) is 0.905. The lowest BCUT2D eigenvalue weighted by Crippen LogP contribution is -2.51. The number of carbonyl (C=O) groups excluding carboxylic acids is 2. The molecule has 4 saturated heterocycles. The summed E-state index contributed by atoms with van der Waals surface area (Å²) in [5.74, 6) is 0.224. The first-order valence-corrected chi connectivity index (χ1v) is 11.3. The lowest BCUT2D eigenvalue weighted by atomic mass is 9.90. The predicted octanol–water partition coefficient (Wildman–Crippen LogP) is 0.862. The van der Waals surface area contributed by atoms with Crippen LogP contribution in [-0.2, 0) is 14.3 Å². The lowest BCUT2D eigenvalue weighted by Gasteiger charge is -2.38. The summed E-state index contributed by atoms with van der Waals surface area (Å²) in [6.45, 7) is 13.7. The summed E-state index contributed by atoms with van der Waals surface area (Å²) in [6.07, 6.45) is 2.12. The summed E-state index contributed by atoms with van der Waals surface area (Å²) in [5.41, 5.74) is -0.406. The number of nitrogens with zero attached hydrogens (tertiary/aromatic N) is 4. The van der Waals surface area contributed by atoms with Crippen molar-refractivity contribution in [2.24, 2.45) is 5.92 Å². The van der Waals surface area contributed by atoms with Crippen LogP contribution in [0.5, 0.6) is 0 Å². The van der Waals surface area contributed by atoms with Crippen molar-refractivity contribution in [2.45, 2.75) is 44.8 Å². The first kappa shape index (κ1) is 20.9. The molecule has 2 amide bonds. The zero-order valence-electron chi connectivity index (χ0n) is 18.0. The third kappa shape index (κ3) is 4.70. The SMILES string of the molecule is CC(C)N1CCN(CCN2CC3(CCN(C(=O)C4CCOC4)CC3)OC2=O)CC1. The van der Waals surface area contributed by atoms with Gasteiger partial charge in [0, 0.05) is 77.8 Å². The minimum Gasteiger partial charge on any atom is -0.441 e. The fourth-order valence-electron chi connectivity index (χ4n) is 5.01. The maximum absolute atomic E-state index is 12.6. The zero-order chi connectivity index (χ0) is 20.4. The average Bonchev–Trinajstić information content (AvgIpc) is 3.35. The van der Waals surface area contributed by atoms with Gasteiger partial charge < -0.3 is 19.3 Å². The molecular weight excluding hydrogens is 372 g/mol. The molecular formula is C21H36N4O4. The Morgan fingerprint density at radius 3 is 2.45 bits per heavy atom. The van der Waals surface area contributed by atoms with Crippen molar-refractivity contribution in [1.82, 2.24) is 19.6 Å². The van der Waals surface area contributed by atoms with Crippen molar-refractivity contribution in [1.29, 1.82) is 0 Å².